The average Bonchev–Trinajstić information content (AvgIpc) is 2.99. The average molecular weight is 360 g/mol. The van der Waals surface area contributed by atoms with Crippen LogP contribution in [-0.4, -0.2) is 60.7 Å². The fourth-order valence-corrected chi connectivity index (χ4v) is 5.08. The van der Waals surface area contributed by atoms with Gasteiger partial charge in [-0.15, -0.1) is 11.3 Å². The smallest absolute Gasteiger partial charge is 0.242 e. The molecule has 0 bridgehead atoms. The predicted octanol–water partition coefficient (Wildman–Crippen LogP) is 2.11. The summed E-state index contributed by atoms with van der Waals surface area (Å²) in [6, 6.07) is 0. The fraction of sp³-hybridized carbons (Fsp3) is 0.611. The topological polar surface area (TPSA) is 58.6 Å². The highest BCUT2D eigenvalue weighted by molar-refractivity contribution is 7.19. The Morgan fingerprint density at radius 2 is 2.20 bits per heavy atom. The minimum atomic E-state index is 0.135. The third-order valence-electron chi connectivity index (χ3n) is 5.17. The number of rotatable bonds is 3. The predicted molar refractivity (Wildman–Crippen MR) is 99.3 cm³/mol. The lowest BCUT2D eigenvalue weighted by Crippen LogP contribution is -2.45. The van der Waals surface area contributed by atoms with Crippen molar-refractivity contribution in [3.05, 3.63) is 16.8 Å². The number of nitrogens with zero attached hydrogens (tertiary/aromatic N) is 4. The summed E-state index contributed by atoms with van der Waals surface area (Å²) >= 11 is 1.79. The van der Waals surface area contributed by atoms with E-state index >= 15 is 0 Å². The van der Waals surface area contributed by atoms with Crippen LogP contribution in [0.5, 0.6) is 0 Å². The van der Waals surface area contributed by atoms with Crippen LogP contribution >= 0.6 is 11.3 Å². The Labute approximate surface area is 151 Å². The summed E-state index contributed by atoms with van der Waals surface area (Å²) in [5.74, 6) is 1.76. The summed E-state index contributed by atoms with van der Waals surface area (Å²) in [6.07, 6.45) is 5.05. The summed E-state index contributed by atoms with van der Waals surface area (Å²) in [5, 5.41) is 1.16. The number of ether oxygens (including phenoxy) is 1. The standard InChI is InChI=1S/C18H24N4O2S/c1-12-3-4-13-14(9-12)25-18-16(13)17(19-11-20-18)21(2)10-15(23)22-5-7-24-8-6-22/h11-12H,3-10H2,1-2H3/t12-/m1/s1. The monoisotopic (exact) mass is 360 g/mol. The molecule has 1 aliphatic heterocycles. The van der Waals surface area contributed by atoms with E-state index in [1.54, 1.807) is 17.7 Å². The highest BCUT2D eigenvalue weighted by Crippen LogP contribution is 2.40. The highest BCUT2D eigenvalue weighted by Gasteiger charge is 2.25. The number of aryl methyl sites for hydroxylation is 1. The van der Waals surface area contributed by atoms with Gasteiger partial charge < -0.3 is 14.5 Å². The zero-order valence-corrected chi connectivity index (χ0v) is 15.6. The molecule has 3 heterocycles. The minimum Gasteiger partial charge on any atom is -0.378 e. The number of fused-ring (bicyclic) bond motifs is 3. The zero-order chi connectivity index (χ0) is 17.4. The highest BCUT2D eigenvalue weighted by atomic mass is 32.1. The summed E-state index contributed by atoms with van der Waals surface area (Å²) in [5.41, 5.74) is 1.40. The Morgan fingerprint density at radius 3 is 3.00 bits per heavy atom. The molecule has 6 nitrogen and oxygen atoms in total. The molecule has 1 saturated heterocycles. The third-order valence-corrected chi connectivity index (χ3v) is 6.33. The second kappa shape index (κ2) is 6.88. The molecule has 0 spiro atoms. The Kier molecular flexibility index (Phi) is 4.60. The Bertz CT molecular complexity index is 785. The van der Waals surface area contributed by atoms with E-state index in [0.29, 0.717) is 32.8 Å². The lowest BCUT2D eigenvalue weighted by molar-refractivity contribution is -0.133. The van der Waals surface area contributed by atoms with Crippen LogP contribution in [0.25, 0.3) is 10.2 Å². The van der Waals surface area contributed by atoms with Gasteiger partial charge in [-0.3, -0.25) is 4.79 Å². The second-order valence-electron chi connectivity index (χ2n) is 7.08. The number of morpholine rings is 1. The molecule has 0 radical (unpaired) electrons. The number of carbonyl (C=O) groups excluding carboxylic acids is 1. The van der Waals surface area contributed by atoms with E-state index in [1.807, 2.05) is 16.8 Å². The van der Waals surface area contributed by atoms with Crippen molar-refractivity contribution in [3.63, 3.8) is 0 Å². The number of carbonyl (C=O) groups is 1. The Hall–Kier alpha value is -1.73. The van der Waals surface area contributed by atoms with E-state index in [4.69, 9.17) is 4.74 Å². The quantitative estimate of drug-likeness (QED) is 0.839. The molecule has 0 aromatic carbocycles. The van der Waals surface area contributed by atoms with Crippen molar-refractivity contribution < 1.29 is 9.53 Å². The summed E-state index contributed by atoms with van der Waals surface area (Å²) in [6.45, 7) is 5.27. The van der Waals surface area contributed by atoms with Gasteiger partial charge in [0.2, 0.25) is 5.91 Å². The van der Waals surface area contributed by atoms with E-state index in [0.717, 1.165) is 34.8 Å². The van der Waals surface area contributed by atoms with Gasteiger partial charge in [-0.1, -0.05) is 6.92 Å². The number of amides is 1. The molecule has 2 aromatic rings. The van der Waals surface area contributed by atoms with Crippen molar-refractivity contribution in [1.82, 2.24) is 14.9 Å². The first-order chi connectivity index (χ1) is 12.1. The van der Waals surface area contributed by atoms with Gasteiger partial charge in [0.05, 0.1) is 25.1 Å². The van der Waals surface area contributed by atoms with Gasteiger partial charge in [-0.2, -0.15) is 0 Å². The van der Waals surface area contributed by atoms with Gasteiger partial charge in [-0.25, -0.2) is 9.97 Å². The molecule has 7 heteroatoms. The molecular formula is C18H24N4O2S. The van der Waals surface area contributed by atoms with Gasteiger partial charge in [0.1, 0.15) is 17.0 Å². The molecule has 2 aromatic heterocycles. The Morgan fingerprint density at radius 1 is 1.40 bits per heavy atom. The first kappa shape index (κ1) is 16.7. The third kappa shape index (κ3) is 3.22. The maximum Gasteiger partial charge on any atom is 0.242 e. The van der Waals surface area contributed by atoms with Crippen molar-refractivity contribution in [1.29, 1.82) is 0 Å². The van der Waals surface area contributed by atoms with Crippen LogP contribution < -0.4 is 4.90 Å². The second-order valence-corrected chi connectivity index (χ2v) is 8.16. The van der Waals surface area contributed by atoms with Gasteiger partial charge in [0.15, 0.2) is 0 Å². The molecule has 0 saturated carbocycles. The van der Waals surface area contributed by atoms with Crippen molar-refractivity contribution in [3.8, 4) is 0 Å². The summed E-state index contributed by atoms with van der Waals surface area (Å²) in [7, 11) is 1.95. The van der Waals surface area contributed by atoms with Crippen molar-refractivity contribution in [2.45, 2.75) is 26.2 Å². The van der Waals surface area contributed by atoms with Crippen molar-refractivity contribution in [2.24, 2.45) is 5.92 Å². The van der Waals surface area contributed by atoms with Gasteiger partial charge in [0, 0.05) is 25.0 Å². The van der Waals surface area contributed by atoms with Crippen LogP contribution in [0.15, 0.2) is 6.33 Å². The maximum atomic E-state index is 12.6. The van der Waals surface area contributed by atoms with E-state index in [-0.39, 0.29) is 5.91 Å². The van der Waals surface area contributed by atoms with E-state index in [2.05, 4.69) is 16.9 Å². The van der Waals surface area contributed by atoms with Crippen LogP contribution in [0.4, 0.5) is 5.82 Å². The largest absolute Gasteiger partial charge is 0.378 e. The first-order valence-corrected chi connectivity index (χ1v) is 9.77. The van der Waals surface area contributed by atoms with Crippen LogP contribution in [-0.2, 0) is 22.4 Å². The first-order valence-electron chi connectivity index (χ1n) is 8.95. The molecule has 1 atom stereocenters. The molecule has 134 valence electrons. The lowest BCUT2D eigenvalue weighted by Gasteiger charge is -2.29. The van der Waals surface area contributed by atoms with Crippen LogP contribution in [0, 0.1) is 5.92 Å². The normalized spacial score (nSPS) is 20.6. The molecule has 25 heavy (non-hydrogen) atoms. The number of aromatic nitrogens is 2. The molecule has 0 N–H and O–H groups in total. The molecule has 0 unspecified atom stereocenters. The number of anilines is 1. The lowest BCUT2D eigenvalue weighted by atomic mass is 9.89. The van der Waals surface area contributed by atoms with E-state index in [1.165, 1.54) is 16.9 Å². The number of hydrogen-bond acceptors (Lipinski definition) is 6. The van der Waals surface area contributed by atoms with E-state index < -0.39 is 0 Å². The van der Waals surface area contributed by atoms with Crippen molar-refractivity contribution in [2.75, 3.05) is 44.8 Å². The number of hydrogen-bond donors (Lipinski definition) is 0. The van der Waals surface area contributed by atoms with Gasteiger partial charge in [-0.05, 0) is 30.7 Å². The molecule has 1 amide bonds. The van der Waals surface area contributed by atoms with Gasteiger partial charge in [0.25, 0.3) is 0 Å². The van der Waals surface area contributed by atoms with E-state index in [9.17, 15) is 4.79 Å². The van der Waals surface area contributed by atoms with Crippen LogP contribution in [0.1, 0.15) is 23.8 Å². The Balaban J connectivity index is 1.61. The zero-order valence-electron chi connectivity index (χ0n) is 14.8. The maximum absolute atomic E-state index is 12.6. The molecule has 1 aliphatic carbocycles. The van der Waals surface area contributed by atoms with Crippen LogP contribution in [0.3, 0.4) is 0 Å². The van der Waals surface area contributed by atoms with Gasteiger partial charge >= 0.3 is 0 Å². The molecule has 2 aliphatic rings. The number of likely N-dealkylation sites (N-methyl/N-ethyl adjacent to an activating group) is 1. The fourth-order valence-electron chi connectivity index (χ4n) is 3.74. The molecule has 4 rings (SSSR count). The van der Waals surface area contributed by atoms with Crippen molar-refractivity contribution >= 4 is 33.3 Å². The summed E-state index contributed by atoms with van der Waals surface area (Å²) in [4.78, 5) is 28.0. The SMILES string of the molecule is C[C@@H]1CCc2c(sc3ncnc(N(C)CC(=O)N4CCOCC4)c23)C1. The minimum absolute atomic E-state index is 0.135. The molecule has 1 fully saturated rings. The van der Waals surface area contributed by atoms with Crippen LogP contribution in [0.2, 0.25) is 0 Å². The molecular weight excluding hydrogens is 336 g/mol. The number of thiophene rings is 1. The summed E-state index contributed by atoms with van der Waals surface area (Å²) < 4.78 is 5.33.